The van der Waals surface area contributed by atoms with Gasteiger partial charge in [0.05, 0.1) is 12.3 Å². The Morgan fingerprint density at radius 3 is 2.82 bits per heavy atom. The maximum atomic E-state index is 13.0. The van der Waals surface area contributed by atoms with Gasteiger partial charge in [-0.1, -0.05) is 6.42 Å². The largest absolute Gasteiger partial charge is 0.441 e. The lowest BCUT2D eigenvalue weighted by Gasteiger charge is -2.33. The average molecular weight is 304 g/mol. The van der Waals surface area contributed by atoms with Gasteiger partial charge in [-0.2, -0.15) is 0 Å². The van der Waals surface area contributed by atoms with E-state index in [9.17, 15) is 9.50 Å². The molecule has 5 heteroatoms. The molecule has 0 amide bonds. The zero-order valence-corrected chi connectivity index (χ0v) is 12.8. The van der Waals surface area contributed by atoms with Crippen molar-refractivity contribution in [3.8, 4) is 11.5 Å². The molecule has 0 aliphatic carbocycles. The molecule has 1 atom stereocenters. The number of hydrogen-bond donors (Lipinski definition) is 1. The highest BCUT2D eigenvalue weighted by molar-refractivity contribution is 5.53. The maximum absolute atomic E-state index is 13.0. The van der Waals surface area contributed by atoms with E-state index in [1.54, 1.807) is 12.1 Å². The van der Waals surface area contributed by atoms with Crippen LogP contribution in [0.2, 0.25) is 0 Å². The van der Waals surface area contributed by atoms with Crippen LogP contribution in [0.1, 0.15) is 30.7 Å². The van der Waals surface area contributed by atoms with Gasteiger partial charge in [0.1, 0.15) is 11.6 Å². The highest BCUT2D eigenvalue weighted by Crippen LogP contribution is 2.25. The van der Waals surface area contributed by atoms with E-state index in [4.69, 9.17) is 4.42 Å². The van der Waals surface area contributed by atoms with Crippen molar-refractivity contribution in [2.75, 3.05) is 13.2 Å². The van der Waals surface area contributed by atoms with Crippen molar-refractivity contribution in [1.29, 1.82) is 0 Å². The number of benzene rings is 1. The van der Waals surface area contributed by atoms with Gasteiger partial charge in [0.15, 0.2) is 0 Å². The third-order valence-corrected chi connectivity index (χ3v) is 4.30. The van der Waals surface area contributed by atoms with Crippen LogP contribution >= 0.6 is 0 Å². The summed E-state index contributed by atoms with van der Waals surface area (Å²) in [5.74, 6) is 1.03. The summed E-state index contributed by atoms with van der Waals surface area (Å²) in [5.41, 5.74) is 1.66. The first-order valence-electron chi connectivity index (χ1n) is 7.74. The Hall–Kier alpha value is -1.72. The van der Waals surface area contributed by atoms with Gasteiger partial charge < -0.3 is 9.52 Å². The Labute approximate surface area is 129 Å². The second-order valence-corrected chi connectivity index (χ2v) is 5.83. The zero-order valence-electron chi connectivity index (χ0n) is 12.8. The van der Waals surface area contributed by atoms with Crippen molar-refractivity contribution in [3.63, 3.8) is 0 Å². The molecule has 0 radical (unpaired) electrons. The summed E-state index contributed by atoms with van der Waals surface area (Å²) in [6, 6.07) is 6.35. The third-order valence-electron chi connectivity index (χ3n) is 4.30. The molecule has 118 valence electrons. The molecule has 1 aromatic carbocycles. The number of aromatic nitrogens is 1. The topological polar surface area (TPSA) is 49.5 Å². The van der Waals surface area contributed by atoms with E-state index in [2.05, 4.69) is 9.88 Å². The number of hydrogen-bond acceptors (Lipinski definition) is 4. The Morgan fingerprint density at radius 2 is 2.09 bits per heavy atom. The van der Waals surface area contributed by atoms with Crippen molar-refractivity contribution in [3.05, 3.63) is 41.5 Å². The predicted molar refractivity (Wildman–Crippen MR) is 81.8 cm³/mol. The molecule has 0 bridgehead atoms. The molecule has 1 unspecified atom stereocenters. The van der Waals surface area contributed by atoms with Crippen LogP contribution in [0.25, 0.3) is 11.5 Å². The predicted octanol–water partition coefficient (Wildman–Crippen LogP) is 3.14. The quantitative estimate of drug-likeness (QED) is 0.943. The lowest BCUT2D eigenvalue weighted by atomic mass is 10.0. The van der Waals surface area contributed by atoms with Gasteiger partial charge in [-0.15, -0.1) is 0 Å². The summed E-state index contributed by atoms with van der Waals surface area (Å²) in [5, 5.41) is 9.50. The van der Waals surface area contributed by atoms with Gasteiger partial charge in [-0.3, -0.25) is 4.90 Å². The molecule has 1 aromatic heterocycles. The fraction of sp³-hybridized carbons (Fsp3) is 0.471. The minimum Gasteiger partial charge on any atom is -0.441 e. The van der Waals surface area contributed by atoms with E-state index < -0.39 is 0 Å². The van der Waals surface area contributed by atoms with Gasteiger partial charge >= 0.3 is 0 Å². The average Bonchev–Trinajstić information content (AvgIpc) is 2.89. The number of aliphatic hydroxyl groups is 1. The third kappa shape index (κ3) is 3.20. The normalized spacial score (nSPS) is 19.5. The highest BCUT2D eigenvalue weighted by Gasteiger charge is 2.24. The standard InChI is InChI=1S/C17H21FN2O2/c1-12-16(10-20-9-3-2-4-15(20)11-21)19-17(22-12)13-5-7-14(18)8-6-13/h5-8,15,21H,2-4,9-11H2,1H3. The molecule has 2 heterocycles. The fourth-order valence-corrected chi connectivity index (χ4v) is 2.96. The molecule has 2 aromatic rings. The van der Waals surface area contributed by atoms with Crippen LogP contribution < -0.4 is 0 Å². The number of piperidine rings is 1. The summed E-state index contributed by atoms with van der Waals surface area (Å²) in [6.07, 6.45) is 3.34. The van der Waals surface area contributed by atoms with Crippen LogP contribution in [0.5, 0.6) is 0 Å². The molecular formula is C17H21FN2O2. The minimum atomic E-state index is -0.272. The fourth-order valence-electron chi connectivity index (χ4n) is 2.96. The molecule has 22 heavy (non-hydrogen) atoms. The number of aryl methyl sites for hydroxylation is 1. The molecule has 3 rings (SSSR count). The Morgan fingerprint density at radius 1 is 1.32 bits per heavy atom. The maximum Gasteiger partial charge on any atom is 0.226 e. The molecule has 1 saturated heterocycles. The van der Waals surface area contributed by atoms with Crippen molar-refractivity contribution in [2.24, 2.45) is 0 Å². The van der Waals surface area contributed by atoms with Crippen LogP contribution in [0.4, 0.5) is 4.39 Å². The van der Waals surface area contributed by atoms with Crippen molar-refractivity contribution >= 4 is 0 Å². The first-order valence-corrected chi connectivity index (χ1v) is 7.74. The van der Waals surface area contributed by atoms with E-state index in [0.29, 0.717) is 12.4 Å². The number of oxazole rings is 1. The summed E-state index contributed by atoms with van der Waals surface area (Å²) in [7, 11) is 0. The SMILES string of the molecule is Cc1oc(-c2ccc(F)cc2)nc1CN1CCCCC1CO. The van der Waals surface area contributed by atoms with Gasteiger partial charge in [0.25, 0.3) is 0 Å². The van der Waals surface area contributed by atoms with Gasteiger partial charge in [-0.25, -0.2) is 9.37 Å². The molecule has 0 spiro atoms. The number of nitrogens with zero attached hydrogens (tertiary/aromatic N) is 2. The van der Waals surface area contributed by atoms with Crippen LogP contribution in [-0.4, -0.2) is 34.2 Å². The van der Waals surface area contributed by atoms with E-state index in [1.807, 2.05) is 6.92 Å². The lowest BCUT2D eigenvalue weighted by Crippen LogP contribution is -2.41. The van der Waals surface area contributed by atoms with E-state index in [-0.39, 0.29) is 18.5 Å². The summed E-state index contributed by atoms with van der Waals surface area (Å²) >= 11 is 0. The zero-order chi connectivity index (χ0) is 15.5. The molecule has 1 fully saturated rings. The van der Waals surface area contributed by atoms with E-state index in [0.717, 1.165) is 36.4 Å². The van der Waals surface area contributed by atoms with E-state index in [1.165, 1.54) is 18.6 Å². The lowest BCUT2D eigenvalue weighted by molar-refractivity contribution is 0.0828. The molecule has 1 aliphatic rings. The van der Waals surface area contributed by atoms with Crippen LogP contribution in [0.3, 0.4) is 0 Å². The van der Waals surface area contributed by atoms with Crippen LogP contribution in [0, 0.1) is 12.7 Å². The highest BCUT2D eigenvalue weighted by atomic mass is 19.1. The van der Waals surface area contributed by atoms with Gasteiger partial charge in [0.2, 0.25) is 5.89 Å². The first-order chi connectivity index (χ1) is 10.7. The molecule has 4 nitrogen and oxygen atoms in total. The Kier molecular flexibility index (Phi) is 4.55. The van der Waals surface area contributed by atoms with Gasteiger partial charge in [-0.05, 0) is 50.6 Å². The smallest absolute Gasteiger partial charge is 0.226 e. The number of aliphatic hydroxyl groups excluding tert-OH is 1. The molecule has 1 N–H and O–H groups in total. The van der Waals surface area contributed by atoms with Crippen molar-refractivity contribution < 1.29 is 13.9 Å². The van der Waals surface area contributed by atoms with Crippen LogP contribution in [-0.2, 0) is 6.54 Å². The molecule has 0 saturated carbocycles. The minimum absolute atomic E-state index is 0.182. The summed E-state index contributed by atoms with van der Waals surface area (Å²) in [6.45, 7) is 3.74. The molecule has 1 aliphatic heterocycles. The van der Waals surface area contributed by atoms with Crippen LogP contribution in [0.15, 0.2) is 28.7 Å². The Balaban J connectivity index is 1.78. The second kappa shape index (κ2) is 6.58. The monoisotopic (exact) mass is 304 g/mol. The van der Waals surface area contributed by atoms with Crippen molar-refractivity contribution in [2.45, 2.75) is 38.8 Å². The molecular weight excluding hydrogens is 283 g/mol. The Bertz CT molecular complexity index is 624. The summed E-state index contributed by atoms with van der Waals surface area (Å²) < 4.78 is 18.7. The van der Waals surface area contributed by atoms with E-state index >= 15 is 0 Å². The van der Waals surface area contributed by atoms with Gasteiger partial charge in [0, 0.05) is 18.2 Å². The number of halogens is 1. The summed E-state index contributed by atoms with van der Waals surface area (Å²) in [4.78, 5) is 6.83. The van der Waals surface area contributed by atoms with Crippen molar-refractivity contribution in [1.82, 2.24) is 9.88 Å². The second-order valence-electron chi connectivity index (χ2n) is 5.83. The number of likely N-dealkylation sites (tertiary alicyclic amines) is 1. The first kappa shape index (κ1) is 15.2. The number of rotatable bonds is 4.